The molecule has 182 valence electrons. The van der Waals surface area contributed by atoms with Crippen LogP contribution in [-0.2, 0) is 10.0 Å². The summed E-state index contributed by atoms with van der Waals surface area (Å²) in [4.78, 5) is 10.3. The Kier molecular flexibility index (Phi) is 7.27. The number of benzene rings is 2. The summed E-state index contributed by atoms with van der Waals surface area (Å²) < 4.78 is 54.9. The lowest BCUT2D eigenvalue weighted by Gasteiger charge is -2.28. The molecule has 0 amide bonds. The molecule has 0 saturated heterocycles. The Balaban J connectivity index is 1.30. The molecule has 0 bridgehead atoms. The molecule has 1 aliphatic rings. The first-order valence-corrected chi connectivity index (χ1v) is 12.8. The largest absolute Gasteiger partial charge is 0.362 e. The van der Waals surface area contributed by atoms with E-state index in [1.165, 1.54) is 0 Å². The molecule has 1 fully saturated rings. The summed E-state index contributed by atoms with van der Waals surface area (Å²) in [5.74, 6) is -0.196. The van der Waals surface area contributed by atoms with E-state index in [1.807, 2.05) is 43.3 Å². The van der Waals surface area contributed by atoms with E-state index in [4.69, 9.17) is 0 Å². The molecular formula is C24H29F2N5O2S. The third kappa shape index (κ3) is 5.44. The van der Waals surface area contributed by atoms with E-state index in [0.29, 0.717) is 11.9 Å². The van der Waals surface area contributed by atoms with E-state index < -0.39 is 26.6 Å². The van der Waals surface area contributed by atoms with Gasteiger partial charge in [-0.25, -0.2) is 26.9 Å². The smallest absolute Gasteiger partial charge is 0.246 e. The van der Waals surface area contributed by atoms with Crippen LogP contribution < -0.4 is 14.9 Å². The molecule has 0 atom stereocenters. The van der Waals surface area contributed by atoms with Crippen molar-refractivity contribution in [3.05, 3.63) is 54.1 Å². The normalized spacial score (nSPS) is 18.7. The Labute approximate surface area is 198 Å². The molecule has 3 aromatic rings. The maximum Gasteiger partial charge on any atom is 0.246 e. The van der Waals surface area contributed by atoms with Gasteiger partial charge in [0.15, 0.2) is 4.90 Å². The van der Waals surface area contributed by atoms with E-state index in [-0.39, 0.29) is 12.5 Å². The van der Waals surface area contributed by atoms with Gasteiger partial charge >= 0.3 is 0 Å². The quantitative estimate of drug-likeness (QED) is 0.494. The number of fused-ring (bicyclic) bond motifs is 1. The maximum absolute atomic E-state index is 13.9. The fourth-order valence-electron chi connectivity index (χ4n) is 4.39. The molecule has 0 radical (unpaired) electrons. The first-order valence-electron chi connectivity index (χ1n) is 11.4. The van der Waals surface area contributed by atoms with E-state index in [0.717, 1.165) is 67.1 Å². The number of para-hydroxylation sites is 1. The summed E-state index contributed by atoms with van der Waals surface area (Å²) in [5.41, 5.74) is 0.881. The number of sulfonamides is 1. The van der Waals surface area contributed by atoms with Crippen LogP contribution in [0.2, 0.25) is 0 Å². The summed E-state index contributed by atoms with van der Waals surface area (Å²) in [6, 6.07) is 10.9. The second-order valence-corrected chi connectivity index (χ2v) is 10.7. The summed E-state index contributed by atoms with van der Waals surface area (Å²) >= 11 is 0. The second kappa shape index (κ2) is 10.2. The van der Waals surface area contributed by atoms with E-state index in [2.05, 4.69) is 20.0 Å². The van der Waals surface area contributed by atoms with Crippen LogP contribution in [0, 0.1) is 23.5 Å². The third-order valence-corrected chi connectivity index (χ3v) is 7.75. The van der Waals surface area contributed by atoms with Gasteiger partial charge in [0.05, 0.1) is 5.52 Å². The van der Waals surface area contributed by atoms with Crippen molar-refractivity contribution in [3.63, 3.8) is 0 Å². The number of aromatic nitrogens is 2. The van der Waals surface area contributed by atoms with Crippen LogP contribution in [0.4, 0.5) is 20.5 Å². The molecular weight excluding hydrogens is 460 g/mol. The number of nitrogens with one attached hydrogen (secondary N) is 2. The molecule has 34 heavy (non-hydrogen) atoms. The maximum atomic E-state index is 13.9. The predicted octanol–water partition coefficient (Wildman–Crippen LogP) is 4.17. The van der Waals surface area contributed by atoms with Gasteiger partial charge < -0.3 is 10.2 Å². The van der Waals surface area contributed by atoms with E-state index in [9.17, 15) is 17.2 Å². The van der Waals surface area contributed by atoms with Crippen molar-refractivity contribution in [2.24, 2.45) is 11.8 Å². The zero-order chi connectivity index (χ0) is 24.3. The van der Waals surface area contributed by atoms with Crippen LogP contribution in [0.5, 0.6) is 0 Å². The fraction of sp³-hybridized carbons (Fsp3) is 0.417. The topological polar surface area (TPSA) is 87.2 Å². The molecule has 4 rings (SSSR count). The van der Waals surface area contributed by atoms with Gasteiger partial charge in [-0.05, 0) is 61.8 Å². The minimum absolute atomic E-state index is 0.123. The number of nitrogens with zero attached hydrogens (tertiary/aromatic N) is 3. The Morgan fingerprint density at radius 2 is 1.53 bits per heavy atom. The molecule has 10 heteroatoms. The van der Waals surface area contributed by atoms with Gasteiger partial charge in [0.2, 0.25) is 16.0 Å². The minimum Gasteiger partial charge on any atom is -0.362 e. The highest BCUT2D eigenvalue weighted by Crippen LogP contribution is 2.30. The van der Waals surface area contributed by atoms with Crippen LogP contribution in [0.1, 0.15) is 25.7 Å². The highest BCUT2D eigenvalue weighted by molar-refractivity contribution is 7.89. The lowest BCUT2D eigenvalue weighted by molar-refractivity contribution is 0.284. The Morgan fingerprint density at radius 1 is 0.912 bits per heavy atom. The molecule has 1 aliphatic carbocycles. The Morgan fingerprint density at radius 3 is 2.18 bits per heavy atom. The average molecular weight is 490 g/mol. The first-order chi connectivity index (χ1) is 16.2. The SMILES string of the molecule is CN(C)c1nc(NC[C@H]2CC[C@H](CNS(=O)(=O)c3c(F)cccc3F)CC2)nc2ccccc12. The lowest BCUT2D eigenvalue weighted by Crippen LogP contribution is -2.33. The van der Waals surface area contributed by atoms with Crippen molar-refractivity contribution in [1.82, 2.24) is 14.7 Å². The van der Waals surface area contributed by atoms with Gasteiger partial charge in [0.1, 0.15) is 17.5 Å². The molecule has 1 saturated carbocycles. The predicted molar refractivity (Wildman–Crippen MR) is 129 cm³/mol. The van der Waals surface area contributed by atoms with Gasteiger partial charge in [-0.1, -0.05) is 18.2 Å². The third-order valence-electron chi connectivity index (χ3n) is 6.27. The fourth-order valence-corrected chi connectivity index (χ4v) is 5.64. The van der Waals surface area contributed by atoms with Crippen LogP contribution >= 0.6 is 0 Å². The molecule has 0 unspecified atom stereocenters. The number of rotatable bonds is 8. The standard InChI is InChI=1S/C24H29F2N5O2S/c1-31(2)23-18-6-3-4-9-21(18)29-24(30-23)27-14-16-10-12-17(13-11-16)15-28-34(32,33)22-19(25)7-5-8-20(22)26/h3-9,16-17,28H,10-15H2,1-2H3,(H,27,29,30)/t16-,17-. The van der Waals surface area contributed by atoms with Crippen molar-refractivity contribution < 1.29 is 17.2 Å². The second-order valence-electron chi connectivity index (χ2n) is 8.95. The van der Waals surface area contributed by atoms with Crippen molar-refractivity contribution >= 4 is 32.7 Å². The van der Waals surface area contributed by atoms with Gasteiger partial charge in [0, 0.05) is 32.6 Å². The Hall–Kier alpha value is -2.85. The van der Waals surface area contributed by atoms with Crippen molar-refractivity contribution in [2.45, 2.75) is 30.6 Å². The summed E-state index contributed by atoms with van der Waals surface area (Å²) in [5, 5.41) is 4.36. The highest BCUT2D eigenvalue weighted by Gasteiger charge is 2.27. The summed E-state index contributed by atoms with van der Waals surface area (Å²) in [6.07, 6.45) is 3.50. The van der Waals surface area contributed by atoms with Crippen molar-refractivity contribution in [3.8, 4) is 0 Å². The number of hydrogen-bond donors (Lipinski definition) is 2. The van der Waals surface area contributed by atoms with Gasteiger partial charge in [-0.15, -0.1) is 0 Å². The van der Waals surface area contributed by atoms with Gasteiger partial charge in [0.25, 0.3) is 0 Å². The summed E-state index contributed by atoms with van der Waals surface area (Å²) in [7, 11) is -0.337. The van der Waals surface area contributed by atoms with Crippen LogP contribution in [-0.4, -0.2) is 45.6 Å². The zero-order valence-corrected chi connectivity index (χ0v) is 20.1. The van der Waals surface area contributed by atoms with Crippen LogP contribution in [0.3, 0.4) is 0 Å². The number of hydrogen-bond acceptors (Lipinski definition) is 6. The summed E-state index contributed by atoms with van der Waals surface area (Å²) in [6.45, 7) is 0.889. The first kappa shape index (κ1) is 24.3. The van der Waals surface area contributed by atoms with Crippen LogP contribution in [0.15, 0.2) is 47.4 Å². The molecule has 7 nitrogen and oxygen atoms in total. The molecule has 2 aromatic carbocycles. The molecule has 1 aromatic heterocycles. The molecule has 0 aliphatic heterocycles. The number of halogens is 2. The molecule has 0 spiro atoms. The number of anilines is 2. The Bertz CT molecular complexity index is 1240. The van der Waals surface area contributed by atoms with Gasteiger partial charge in [-0.2, -0.15) is 4.98 Å². The van der Waals surface area contributed by atoms with Crippen LogP contribution in [0.25, 0.3) is 10.9 Å². The minimum atomic E-state index is -4.24. The monoisotopic (exact) mass is 489 g/mol. The average Bonchev–Trinajstić information content (AvgIpc) is 2.81. The zero-order valence-electron chi connectivity index (χ0n) is 19.3. The van der Waals surface area contributed by atoms with E-state index in [1.54, 1.807) is 0 Å². The lowest BCUT2D eigenvalue weighted by atomic mass is 9.82. The molecule has 2 N–H and O–H groups in total. The molecule has 1 heterocycles. The highest BCUT2D eigenvalue weighted by atomic mass is 32.2. The van der Waals surface area contributed by atoms with E-state index >= 15 is 0 Å². The van der Waals surface area contributed by atoms with Gasteiger partial charge in [-0.3, -0.25) is 0 Å². The van der Waals surface area contributed by atoms with Crippen molar-refractivity contribution in [2.75, 3.05) is 37.4 Å². The van der Waals surface area contributed by atoms with Crippen molar-refractivity contribution in [1.29, 1.82) is 0 Å².